The van der Waals surface area contributed by atoms with Gasteiger partial charge in [-0.15, -0.1) is 0 Å². The predicted octanol–water partition coefficient (Wildman–Crippen LogP) is 4.68. The van der Waals surface area contributed by atoms with Crippen LogP contribution in [-0.4, -0.2) is 32.9 Å². The molecule has 33 heavy (non-hydrogen) atoms. The summed E-state index contributed by atoms with van der Waals surface area (Å²) in [6.07, 6.45) is 0.753. The van der Waals surface area contributed by atoms with Crippen molar-refractivity contribution in [1.82, 2.24) is 9.97 Å². The second kappa shape index (κ2) is 10.8. The molecule has 1 atom stereocenters. The Hall–Kier alpha value is -3.65. The molecular formula is C25H25N3O4S. The number of aromatic amines is 1. The van der Waals surface area contributed by atoms with Gasteiger partial charge in [0.25, 0.3) is 0 Å². The summed E-state index contributed by atoms with van der Waals surface area (Å²) in [4.78, 5) is 19.7. The number of benzene rings is 3. The number of imidazole rings is 1. The number of hydrogen-bond acceptors (Lipinski definition) is 5. The molecule has 0 saturated heterocycles. The SMILES string of the molecule is COc1ccc2nc(S(=O)CCCC(=O)Nc3ccc(OCc4ccccc4)cc3)[nH]c2c1. The van der Waals surface area contributed by atoms with Crippen molar-refractivity contribution in [3.05, 3.63) is 78.4 Å². The fourth-order valence-corrected chi connectivity index (χ4v) is 4.28. The van der Waals surface area contributed by atoms with E-state index in [0.717, 1.165) is 22.3 Å². The van der Waals surface area contributed by atoms with Crippen LogP contribution in [0.2, 0.25) is 0 Å². The van der Waals surface area contributed by atoms with Gasteiger partial charge >= 0.3 is 0 Å². The van der Waals surface area contributed by atoms with Gasteiger partial charge in [-0.25, -0.2) is 4.98 Å². The molecule has 2 N–H and O–H groups in total. The second-order valence-electron chi connectivity index (χ2n) is 7.43. The van der Waals surface area contributed by atoms with Crippen molar-refractivity contribution in [2.24, 2.45) is 0 Å². The van der Waals surface area contributed by atoms with E-state index in [0.29, 0.717) is 35.4 Å². The molecule has 0 aliphatic carbocycles. The van der Waals surface area contributed by atoms with Gasteiger partial charge in [0, 0.05) is 23.9 Å². The molecule has 4 aromatic rings. The lowest BCUT2D eigenvalue weighted by Crippen LogP contribution is -2.12. The van der Waals surface area contributed by atoms with Crippen molar-refractivity contribution in [2.45, 2.75) is 24.6 Å². The number of nitrogens with zero attached hydrogens (tertiary/aromatic N) is 1. The van der Waals surface area contributed by atoms with Crippen LogP contribution in [0.3, 0.4) is 0 Å². The third-order valence-electron chi connectivity index (χ3n) is 5.00. The largest absolute Gasteiger partial charge is 0.497 e. The molecular weight excluding hydrogens is 438 g/mol. The van der Waals surface area contributed by atoms with E-state index in [-0.39, 0.29) is 12.3 Å². The number of carbonyl (C=O) groups excluding carboxylic acids is 1. The Balaban J connectivity index is 1.21. The number of amides is 1. The number of methoxy groups -OCH3 is 1. The Morgan fingerprint density at radius 1 is 1.03 bits per heavy atom. The van der Waals surface area contributed by atoms with E-state index in [4.69, 9.17) is 9.47 Å². The van der Waals surface area contributed by atoms with Gasteiger partial charge in [-0.3, -0.25) is 9.00 Å². The molecule has 1 amide bonds. The number of aromatic nitrogens is 2. The molecule has 0 radical (unpaired) electrons. The zero-order chi connectivity index (χ0) is 23.0. The van der Waals surface area contributed by atoms with E-state index in [1.807, 2.05) is 60.7 Å². The van der Waals surface area contributed by atoms with E-state index >= 15 is 0 Å². The van der Waals surface area contributed by atoms with Gasteiger partial charge in [0.15, 0.2) is 5.16 Å². The van der Waals surface area contributed by atoms with Crippen LogP contribution in [0, 0.1) is 0 Å². The third kappa shape index (κ3) is 6.20. The summed E-state index contributed by atoms with van der Waals surface area (Å²) in [5, 5.41) is 3.27. The van der Waals surface area contributed by atoms with Gasteiger partial charge in [-0.2, -0.15) is 0 Å². The number of nitrogens with one attached hydrogen (secondary N) is 2. The fraction of sp³-hybridized carbons (Fsp3) is 0.200. The number of ether oxygens (including phenoxy) is 2. The van der Waals surface area contributed by atoms with Gasteiger partial charge in [-0.05, 0) is 48.4 Å². The van der Waals surface area contributed by atoms with Crippen molar-refractivity contribution in [3.63, 3.8) is 0 Å². The van der Waals surface area contributed by atoms with Crippen LogP contribution < -0.4 is 14.8 Å². The molecule has 0 aliphatic heterocycles. The van der Waals surface area contributed by atoms with Crippen molar-refractivity contribution < 1.29 is 18.5 Å². The standard InChI is InChI=1S/C25H25N3O4S/c1-31-21-13-14-22-23(16-21)28-25(27-22)33(30)15-5-8-24(29)26-19-9-11-20(12-10-19)32-17-18-6-3-2-4-7-18/h2-4,6-7,9-14,16H,5,8,15,17H2,1H3,(H,26,29)(H,27,28). The van der Waals surface area contributed by atoms with Gasteiger partial charge in [0.2, 0.25) is 5.91 Å². The number of hydrogen-bond donors (Lipinski definition) is 2. The summed E-state index contributed by atoms with van der Waals surface area (Å²) in [5.41, 5.74) is 3.29. The molecule has 0 bridgehead atoms. The fourth-order valence-electron chi connectivity index (χ4n) is 3.26. The molecule has 0 saturated carbocycles. The number of H-pyrrole nitrogens is 1. The first kappa shape index (κ1) is 22.5. The molecule has 1 aromatic heterocycles. The minimum atomic E-state index is -1.31. The number of carbonyl (C=O) groups is 1. The maximum atomic E-state index is 12.6. The highest BCUT2D eigenvalue weighted by molar-refractivity contribution is 7.84. The van der Waals surface area contributed by atoms with Crippen molar-refractivity contribution in [3.8, 4) is 11.5 Å². The number of anilines is 1. The van der Waals surface area contributed by atoms with Crippen LogP contribution in [0.5, 0.6) is 11.5 Å². The van der Waals surface area contributed by atoms with Gasteiger partial charge in [0.1, 0.15) is 18.1 Å². The number of rotatable bonds is 10. The van der Waals surface area contributed by atoms with Gasteiger partial charge in [-0.1, -0.05) is 30.3 Å². The van der Waals surface area contributed by atoms with Crippen LogP contribution in [-0.2, 0) is 22.2 Å². The third-order valence-corrected chi connectivity index (χ3v) is 6.29. The highest BCUT2D eigenvalue weighted by Gasteiger charge is 2.12. The molecule has 1 heterocycles. The summed E-state index contributed by atoms with van der Waals surface area (Å²) in [5.74, 6) is 1.65. The molecule has 4 rings (SSSR count). The van der Waals surface area contributed by atoms with E-state index in [2.05, 4.69) is 15.3 Å². The van der Waals surface area contributed by atoms with Crippen LogP contribution >= 0.6 is 0 Å². The summed E-state index contributed by atoms with van der Waals surface area (Å²) in [7, 11) is 0.280. The van der Waals surface area contributed by atoms with Gasteiger partial charge < -0.3 is 19.8 Å². The average molecular weight is 464 g/mol. The highest BCUT2D eigenvalue weighted by atomic mass is 32.2. The minimum absolute atomic E-state index is 0.126. The lowest BCUT2D eigenvalue weighted by molar-refractivity contribution is -0.116. The van der Waals surface area contributed by atoms with E-state index in [9.17, 15) is 9.00 Å². The predicted molar refractivity (Wildman–Crippen MR) is 129 cm³/mol. The lowest BCUT2D eigenvalue weighted by Gasteiger charge is -2.08. The smallest absolute Gasteiger partial charge is 0.224 e. The van der Waals surface area contributed by atoms with E-state index < -0.39 is 10.8 Å². The first-order chi connectivity index (χ1) is 16.1. The maximum absolute atomic E-state index is 12.6. The van der Waals surface area contributed by atoms with Crippen LogP contribution in [0.25, 0.3) is 11.0 Å². The zero-order valence-electron chi connectivity index (χ0n) is 18.2. The quantitative estimate of drug-likeness (QED) is 0.356. The molecule has 7 nitrogen and oxygen atoms in total. The highest BCUT2D eigenvalue weighted by Crippen LogP contribution is 2.20. The summed E-state index contributed by atoms with van der Waals surface area (Å²) in [6.45, 7) is 0.489. The summed E-state index contributed by atoms with van der Waals surface area (Å²) < 4.78 is 23.5. The summed E-state index contributed by atoms with van der Waals surface area (Å²) in [6, 6.07) is 22.6. The minimum Gasteiger partial charge on any atom is -0.497 e. The van der Waals surface area contributed by atoms with E-state index in [1.165, 1.54) is 0 Å². The first-order valence-electron chi connectivity index (χ1n) is 10.6. The van der Waals surface area contributed by atoms with Crippen molar-refractivity contribution >= 4 is 33.4 Å². The van der Waals surface area contributed by atoms with Crippen LogP contribution in [0.4, 0.5) is 5.69 Å². The monoisotopic (exact) mass is 463 g/mol. The molecule has 3 aromatic carbocycles. The molecule has 0 spiro atoms. The molecule has 0 aliphatic rings. The molecule has 0 fully saturated rings. The number of fused-ring (bicyclic) bond motifs is 1. The Labute approximate surface area is 194 Å². The normalized spacial score (nSPS) is 11.8. The average Bonchev–Trinajstić information content (AvgIpc) is 3.28. The first-order valence-corrected chi connectivity index (χ1v) is 11.9. The Kier molecular flexibility index (Phi) is 7.36. The zero-order valence-corrected chi connectivity index (χ0v) is 19.1. The Morgan fingerprint density at radius 3 is 2.55 bits per heavy atom. The van der Waals surface area contributed by atoms with Crippen molar-refractivity contribution in [2.75, 3.05) is 18.2 Å². The van der Waals surface area contributed by atoms with Crippen molar-refractivity contribution in [1.29, 1.82) is 0 Å². The molecule has 8 heteroatoms. The van der Waals surface area contributed by atoms with Crippen LogP contribution in [0.15, 0.2) is 78.0 Å². The van der Waals surface area contributed by atoms with Gasteiger partial charge in [0.05, 0.1) is 28.9 Å². The Bertz CT molecular complexity index is 1240. The Morgan fingerprint density at radius 2 is 1.79 bits per heavy atom. The lowest BCUT2D eigenvalue weighted by atomic mass is 10.2. The van der Waals surface area contributed by atoms with Crippen LogP contribution in [0.1, 0.15) is 18.4 Å². The molecule has 1 unspecified atom stereocenters. The summed E-state index contributed by atoms with van der Waals surface area (Å²) >= 11 is 0. The maximum Gasteiger partial charge on any atom is 0.224 e. The topological polar surface area (TPSA) is 93.3 Å². The van der Waals surface area contributed by atoms with E-state index in [1.54, 1.807) is 19.2 Å². The second-order valence-corrected chi connectivity index (χ2v) is 8.91. The molecule has 170 valence electrons.